The number of piperidine rings is 1. The van der Waals surface area contributed by atoms with Crippen LogP contribution in [0.1, 0.15) is 66.1 Å². The summed E-state index contributed by atoms with van der Waals surface area (Å²) < 4.78 is 0. The van der Waals surface area contributed by atoms with E-state index in [0.717, 1.165) is 30.3 Å². The normalized spacial score (nSPS) is 17.0. The van der Waals surface area contributed by atoms with Gasteiger partial charge in [0.2, 0.25) is 0 Å². The van der Waals surface area contributed by atoms with E-state index in [2.05, 4.69) is 45.7 Å². The molecule has 30 heavy (non-hydrogen) atoms. The summed E-state index contributed by atoms with van der Waals surface area (Å²) in [7, 11) is 0. The van der Waals surface area contributed by atoms with Gasteiger partial charge in [-0.15, -0.1) is 22.7 Å². The Morgan fingerprint density at radius 3 is 3.03 bits per heavy atom. The SMILES string of the molecule is CCCCc1ccc(CN2CCCCC2c2csc(Nc3cc(C#N)ccn3)n2)s1. The number of rotatable bonds is 8. The fourth-order valence-corrected chi connectivity index (χ4v) is 5.73. The summed E-state index contributed by atoms with van der Waals surface area (Å²) in [6.45, 7) is 4.38. The molecule has 0 bridgehead atoms. The monoisotopic (exact) mass is 437 g/mol. The number of likely N-dealkylation sites (tertiary alicyclic amines) is 1. The van der Waals surface area contributed by atoms with Gasteiger partial charge in [0.15, 0.2) is 5.13 Å². The van der Waals surface area contributed by atoms with Crippen molar-refractivity contribution < 1.29 is 0 Å². The topological polar surface area (TPSA) is 64.8 Å². The molecule has 0 radical (unpaired) electrons. The third kappa shape index (κ3) is 5.25. The van der Waals surface area contributed by atoms with E-state index in [1.807, 2.05) is 11.3 Å². The minimum absolute atomic E-state index is 0.366. The number of nitriles is 1. The van der Waals surface area contributed by atoms with Crippen LogP contribution >= 0.6 is 22.7 Å². The maximum atomic E-state index is 9.07. The summed E-state index contributed by atoms with van der Waals surface area (Å²) in [5.74, 6) is 0.661. The molecular formula is C23H27N5S2. The number of anilines is 2. The minimum Gasteiger partial charge on any atom is -0.316 e. The van der Waals surface area contributed by atoms with Crippen molar-refractivity contribution in [2.24, 2.45) is 0 Å². The largest absolute Gasteiger partial charge is 0.316 e. The molecule has 1 aliphatic rings. The van der Waals surface area contributed by atoms with E-state index in [9.17, 15) is 0 Å². The molecule has 4 rings (SSSR count). The molecule has 0 spiro atoms. The zero-order valence-corrected chi connectivity index (χ0v) is 18.9. The van der Waals surface area contributed by atoms with Crippen LogP contribution in [0.2, 0.25) is 0 Å². The first-order valence-corrected chi connectivity index (χ1v) is 12.3. The number of pyridine rings is 1. The number of hydrogen-bond donors (Lipinski definition) is 1. The molecule has 3 aromatic rings. The third-order valence-electron chi connectivity index (χ3n) is 5.45. The van der Waals surface area contributed by atoms with E-state index < -0.39 is 0 Å². The van der Waals surface area contributed by atoms with Gasteiger partial charge in [-0.1, -0.05) is 19.8 Å². The number of nitrogens with one attached hydrogen (secondary N) is 1. The van der Waals surface area contributed by atoms with Crippen molar-refractivity contribution in [1.29, 1.82) is 5.26 Å². The van der Waals surface area contributed by atoms with Gasteiger partial charge >= 0.3 is 0 Å². The van der Waals surface area contributed by atoms with Gasteiger partial charge in [-0.2, -0.15) is 5.26 Å². The molecule has 0 saturated carbocycles. The third-order valence-corrected chi connectivity index (χ3v) is 7.36. The van der Waals surface area contributed by atoms with Crippen LogP contribution in [0.5, 0.6) is 0 Å². The zero-order valence-electron chi connectivity index (χ0n) is 17.3. The lowest BCUT2D eigenvalue weighted by Gasteiger charge is -2.34. The van der Waals surface area contributed by atoms with Crippen LogP contribution in [0.3, 0.4) is 0 Å². The Morgan fingerprint density at radius 2 is 2.17 bits per heavy atom. The fraction of sp³-hybridized carbons (Fsp3) is 0.435. The van der Waals surface area contributed by atoms with Crippen LogP contribution in [-0.2, 0) is 13.0 Å². The maximum Gasteiger partial charge on any atom is 0.188 e. The van der Waals surface area contributed by atoms with Gasteiger partial charge in [-0.05, 0) is 56.5 Å². The zero-order chi connectivity index (χ0) is 20.8. The van der Waals surface area contributed by atoms with Crippen LogP contribution in [0.4, 0.5) is 10.9 Å². The Hall–Kier alpha value is -2.27. The highest BCUT2D eigenvalue weighted by atomic mass is 32.1. The van der Waals surface area contributed by atoms with Crippen LogP contribution in [0.25, 0.3) is 0 Å². The van der Waals surface area contributed by atoms with E-state index in [1.54, 1.807) is 29.7 Å². The Kier molecular flexibility index (Phi) is 7.11. The first kappa shape index (κ1) is 21.0. The van der Waals surface area contributed by atoms with Crippen LogP contribution in [0.15, 0.2) is 35.8 Å². The second-order valence-corrected chi connectivity index (χ2v) is 9.81. The highest BCUT2D eigenvalue weighted by Crippen LogP contribution is 2.35. The number of thiophene rings is 1. The molecule has 5 nitrogen and oxygen atoms in total. The van der Waals surface area contributed by atoms with Gasteiger partial charge < -0.3 is 5.32 Å². The van der Waals surface area contributed by atoms with E-state index in [1.165, 1.54) is 41.9 Å². The minimum atomic E-state index is 0.366. The number of aryl methyl sites for hydroxylation is 1. The first-order valence-electron chi connectivity index (χ1n) is 10.7. The molecular weight excluding hydrogens is 410 g/mol. The van der Waals surface area contributed by atoms with Crippen molar-refractivity contribution in [2.75, 3.05) is 11.9 Å². The maximum absolute atomic E-state index is 9.07. The van der Waals surface area contributed by atoms with Gasteiger partial charge in [0, 0.05) is 27.9 Å². The number of nitrogens with zero attached hydrogens (tertiary/aromatic N) is 4. The summed E-state index contributed by atoms with van der Waals surface area (Å²) in [4.78, 5) is 14.7. The van der Waals surface area contributed by atoms with Crippen molar-refractivity contribution >= 4 is 33.6 Å². The molecule has 1 unspecified atom stereocenters. The van der Waals surface area contributed by atoms with Gasteiger partial charge in [0.1, 0.15) is 5.82 Å². The Balaban J connectivity index is 1.44. The molecule has 1 aliphatic heterocycles. The summed E-state index contributed by atoms with van der Waals surface area (Å²) in [5, 5.41) is 15.3. The number of unbranched alkanes of at least 4 members (excludes halogenated alkanes) is 1. The van der Waals surface area contributed by atoms with Crippen LogP contribution in [-0.4, -0.2) is 21.4 Å². The predicted molar refractivity (Wildman–Crippen MR) is 124 cm³/mol. The number of aromatic nitrogens is 2. The summed E-state index contributed by atoms with van der Waals surface area (Å²) in [5.41, 5.74) is 1.73. The Bertz CT molecular complexity index is 1000. The average Bonchev–Trinajstić information content (AvgIpc) is 3.42. The van der Waals surface area contributed by atoms with Crippen LogP contribution < -0.4 is 5.32 Å². The lowest BCUT2D eigenvalue weighted by molar-refractivity contribution is 0.139. The van der Waals surface area contributed by atoms with Crippen molar-refractivity contribution in [2.45, 2.75) is 58.0 Å². The van der Waals surface area contributed by atoms with Gasteiger partial charge in [-0.25, -0.2) is 9.97 Å². The van der Waals surface area contributed by atoms with Gasteiger partial charge in [-0.3, -0.25) is 4.90 Å². The molecule has 1 N–H and O–H groups in total. The van der Waals surface area contributed by atoms with Crippen molar-refractivity contribution in [3.05, 3.63) is 56.9 Å². The number of hydrogen-bond acceptors (Lipinski definition) is 7. The standard InChI is InChI=1S/C23H27N5S2/c1-2-3-6-18-8-9-19(30-18)15-28-12-5-4-7-21(28)20-16-29-23(26-20)27-22-13-17(14-24)10-11-25-22/h8-11,13,16,21H,2-7,12,15H2,1H3,(H,25,26,27). The second-order valence-electron chi connectivity index (χ2n) is 7.70. The van der Waals surface area contributed by atoms with E-state index >= 15 is 0 Å². The average molecular weight is 438 g/mol. The molecule has 0 amide bonds. The molecule has 1 saturated heterocycles. The lowest BCUT2D eigenvalue weighted by atomic mass is 10.00. The Labute approximate surface area is 186 Å². The van der Waals surface area contributed by atoms with E-state index in [4.69, 9.17) is 10.2 Å². The Morgan fingerprint density at radius 1 is 1.27 bits per heavy atom. The fourth-order valence-electron chi connectivity index (χ4n) is 3.88. The molecule has 1 atom stereocenters. The molecule has 156 valence electrons. The van der Waals surface area contributed by atoms with Gasteiger partial charge in [0.05, 0.1) is 23.4 Å². The molecule has 4 heterocycles. The predicted octanol–water partition coefficient (Wildman–Crippen LogP) is 6.28. The molecule has 0 aliphatic carbocycles. The summed E-state index contributed by atoms with van der Waals surface area (Å²) >= 11 is 3.57. The van der Waals surface area contributed by atoms with Crippen molar-refractivity contribution in [3.8, 4) is 6.07 Å². The number of thiazole rings is 1. The lowest BCUT2D eigenvalue weighted by Crippen LogP contribution is -2.32. The first-order chi connectivity index (χ1) is 14.7. The van der Waals surface area contributed by atoms with Crippen molar-refractivity contribution in [3.63, 3.8) is 0 Å². The molecule has 7 heteroatoms. The highest BCUT2D eigenvalue weighted by Gasteiger charge is 2.26. The molecule has 0 aromatic carbocycles. The summed E-state index contributed by atoms with van der Waals surface area (Å²) in [6.07, 6.45) is 9.02. The van der Waals surface area contributed by atoms with E-state index in [-0.39, 0.29) is 0 Å². The quantitative estimate of drug-likeness (QED) is 0.449. The summed E-state index contributed by atoms with van der Waals surface area (Å²) in [6, 6.07) is 10.6. The second kappa shape index (κ2) is 10.2. The molecule has 3 aromatic heterocycles. The smallest absolute Gasteiger partial charge is 0.188 e. The molecule has 1 fully saturated rings. The van der Waals surface area contributed by atoms with Crippen molar-refractivity contribution in [1.82, 2.24) is 14.9 Å². The van der Waals surface area contributed by atoms with Crippen LogP contribution in [0, 0.1) is 11.3 Å². The van der Waals surface area contributed by atoms with Gasteiger partial charge in [0.25, 0.3) is 0 Å². The van der Waals surface area contributed by atoms with E-state index in [0.29, 0.717) is 17.4 Å². The highest BCUT2D eigenvalue weighted by molar-refractivity contribution is 7.13.